The van der Waals surface area contributed by atoms with E-state index in [1.807, 2.05) is 17.5 Å². The molecule has 0 atom stereocenters. The molecule has 0 radical (unpaired) electrons. The second kappa shape index (κ2) is 7.50. The number of thiophene rings is 1. The third-order valence-corrected chi connectivity index (χ3v) is 6.58. The van der Waals surface area contributed by atoms with Gasteiger partial charge in [0.2, 0.25) is 0 Å². The number of rotatable bonds is 3. The maximum atomic E-state index is 14.3. The topological polar surface area (TPSA) is 49.2 Å². The smallest absolute Gasteiger partial charge is 0.189 e. The molecule has 0 N–H and O–H groups in total. The van der Waals surface area contributed by atoms with Crippen LogP contribution in [-0.2, 0) is 18.4 Å². The highest BCUT2D eigenvalue weighted by Crippen LogP contribution is 2.42. The van der Waals surface area contributed by atoms with Gasteiger partial charge in [0.1, 0.15) is 11.6 Å². The van der Waals surface area contributed by atoms with Crippen LogP contribution in [0.3, 0.4) is 0 Å². The average molecular weight is 442 g/mol. The van der Waals surface area contributed by atoms with Crippen molar-refractivity contribution in [2.45, 2.75) is 13.5 Å². The Hall–Kier alpha value is -2.74. The predicted octanol–water partition coefficient (Wildman–Crippen LogP) is 5.85. The lowest BCUT2D eigenvalue weighted by Gasteiger charge is -2.20. The molecule has 0 amide bonds. The Kier molecular flexibility index (Phi) is 4.81. The summed E-state index contributed by atoms with van der Waals surface area (Å²) in [7, 11) is 1.80. The van der Waals surface area contributed by atoms with Crippen molar-refractivity contribution in [3.63, 3.8) is 0 Å². The highest BCUT2D eigenvalue weighted by atomic mass is 35.5. The fourth-order valence-corrected chi connectivity index (χ4v) is 5.02. The number of ether oxygens (including phenoxy) is 2. The zero-order valence-electron chi connectivity index (χ0n) is 16.3. The molecule has 0 saturated heterocycles. The number of aryl methyl sites for hydroxylation is 1. The normalized spacial score (nSPS) is 13.2. The first kappa shape index (κ1) is 19.2. The maximum absolute atomic E-state index is 14.3. The molecule has 3 heterocycles. The molecule has 0 aliphatic carbocycles. The van der Waals surface area contributed by atoms with E-state index in [1.54, 1.807) is 35.2 Å². The number of hydrogen-bond donors (Lipinski definition) is 0. The summed E-state index contributed by atoms with van der Waals surface area (Å²) in [4.78, 5) is 5.73. The van der Waals surface area contributed by atoms with Gasteiger partial charge in [0, 0.05) is 34.0 Å². The van der Waals surface area contributed by atoms with Crippen LogP contribution in [-0.4, -0.2) is 21.6 Å². The molecule has 152 valence electrons. The van der Waals surface area contributed by atoms with Crippen LogP contribution in [0.4, 0.5) is 4.39 Å². The largest absolute Gasteiger partial charge is 0.467 e. The van der Waals surface area contributed by atoms with Gasteiger partial charge in [0.25, 0.3) is 0 Å². The number of hydrogen-bond acceptors (Lipinski definition) is 5. The summed E-state index contributed by atoms with van der Waals surface area (Å²) in [5.74, 6) is 1.32. The van der Waals surface area contributed by atoms with Gasteiger partial charge in [-0.2, -0.15) is 5.10 Å². The number of halogens is 2. The van der Waals surface area contributed by atoms with Gasteiger partial charge >= 0.3 is 0 Å². The lowest BCUT2D eigenvalue weighted by molar-refractivity contribution is -0.0160. The van der Waals surface area contributed by atoms with Crippen LogP contribution in [0.25, 0.3) is 33.2 Å². The summed E-state index contributed by atoms with van der Waals surface area (Å²) in [6.45, 7) is 2.83. The monoisotopic (exact) mass is 441 g/mol. The van der Waals surface area contributed by atoms with E-state index in [1.165, 1.54) is 6.07 Å². The van der Waals surface area contributed by atoms with Crippen LogP contribution in [0.15, 0.2) is 41.8 Å². The summed E-state index contributed by atoms with van der Waals surface area (Å²) in [6, 6.07) is 10.6. The summed E-state index contributed by atoms with van der Waals surface area (Å²) in [5, 5.41) is 6.75. The van der Waals surface area contributed by atoms with E-state index in [9.17, 15) is 4.39 Å². The highest BCUT2D eigenvalue weighted by molar-refractivity contribution is 7.14. The summed E-state index contributed by atoms with van der Waals surface area (Å²) in [5.41, 5.74) is 4.35. The van der Waals surface area contributed by atoms with Gasteiger partial charge in [-0.1, -0.05) is 29.8 Å². The molecular weight excluding hydrogens is 425 g/mol. The van der Waals surface area contributed by atoms with Crippen molar-refractivity contribution in [2.75, 3.05) is 6.79 Å². The number of nitrogens with zero attached hydrogens (tertiary/aromatic N) is 3. The Morgan fingerprint density at radius 2 is 2.00 bits per heavy atom. The summed E-state index contributed by atoms with van der Waals surface area (Å²) in [6.07, 6.45) is 0. The fourth-order valence-electron chi connectivity index (χ4n) is 3.65. The van der Waals surface area contributed by atoms with Gasteiger partial charge < -0.3 is 9.47 Å². The lowest BCUT2D eigenvalue weighted by Crippen LogP contribution is -2.12. The quantitative estimate of drug-likeness (QED) is 0.400. The van der Waals surface area contributed by atoms with Gasteiger partial charge in [-0.3, -0.25) is 0 Å². The molecule has 2 aromatic carbocycles. The first-order chi connectivity index (χ1) is 14.5. The molecule has 1 aliphatic heterocycles. The van der Waals surface area contributed by atoms with Crippen LogP contribution in [0, 0.1) is 12.7 Å². The zero-order valence-corrected chi connectivity index (χ0v) is 17.9. The summed E-state index contributed by atoms with van der Waals surface area (Å²) < 4.78 is 27.1. The average Bonchev–Trinajstić information content (AvgIpc) is 3.29. The molecule has 0 spiro atoms. The molecule has 8 heteroatoms. The molecule has 30 heavy (non-hydrogen) atoms. The second-order valence-electron chi connectivity index (χ2n) is 6.98. The van der Waals surface area contributed by atoms with E-state index >= 15 is 0 Å². The Labute approximate surface area is 181 Å². The number of fused-ring (bicyclic) bond motifs is 1. The van der Waals surface area contributed by atoms with Crippen molar-refractivity contribution in [2.24, 2.45) is 7.05 Å². The van der Waals surface area contributed by atoms with Gasteiger partial charge in [-0.25, -0.2) is 14.1 Å². The first-order valence-electron chi connectivity index (χ1n) is 9.31. The third kappa shape index (κ3) is 3.10. The standard InChI is InChI=1S/C22H17ClFN3O2S/c1-12-15(10-30-20(12)13-5-3-8-18-14(13)9-28-11-29-18)22-25-21(26-27(22)2)19-16(23)6-4-7-17(19)24/h3-8,10H,9,11H2,1-2H3. The van der Waals surface area contributed by atoms with E-state index in [-0.39, 0.29) is 23.2 Å². The van der Waals surface area contributed by atoms with Crippen molar-refractivity contribution < 1.29 is 13.9 Å². The van der Waals surface area contributed by atoms with Crippen molar-refractivity contribution >= 4 is 22.9 Å². The fraction of sp³-hybridized carbons (Fsp3) is 0.182. The minimum Gasteiger partial charge on any atom is -0.467 e. The van der Waals surface area contributed by atoms with E-state index in [2.05, 4.69) is 23.1 Å². The van der Waals surface area contributed by atoms with Crippen molar-refractivity contribution in [1.82, 2.24) is 14.8 Å². The van der Waals surface area contributed by atoms with E-state index in [0.717, 1.165) is 32.9 Å². The Morgan fingerprint density at radius 3 is 2.83 bits per heavy atom. The first-order valence-corrected chi connectivity index (χ1v) is 10.6. The Morgan fingerprint density at radius 1 is 1.17 bits per heavy atom. The molecule has 5 rings (SSSR count). The SMILES string of the molecule is Cc1c(-c2nc(-c3c(F)cccc3Cl)nn2C)csc1-c1cccc2c1COCO2. The zero-order chi connectivity index (χ0) is 20.8. The Bertz CT molecular complexity index is 1250. The van der Waals surface area contributed by atoms with Crippen LogP contribution in [0.1, 0.15) is 11.1 Å². The Balaban J connectivity index is 1.60. The maximum Gasteiger partial charge on any atom is 0.189 e. The highest BCUT2D eigenvalue weighted by Gasteiger charge is 2.23. The van der Waals surface area contributed by atoms with E-state index in [4.69, 9.17) is 21.1 Å². The number of benzene rings is 2. The molecule has 5 nitrogen and oxygen atoms in total. The van der Waals surface area contributed by atoms with Crippen LogP contribution in [0.5, 0.6) is 5.75 Å². The van der Waals surface area contributed by atoms with Gasteiger partial charge in [0.05, 0.1) is 17.2 Å². The molecule has 0 saturated carbocycles. The molecule has 4 aromatic rings. The van der Waals surface area contributed by atoms with Crippen LogP contribution in [0.2, 0.25) is 5.02 Å². The summed E-state index contributed by atoms with van der Waals surface area (Å²) >= 11 is 7.83. The molecule has 0 bridgehead atoms. The second-order valence-corrected chi connectivity index (χ2v) is 8.26. The minimum atomic E-state index is -0.446. The van der Waals surface area contributed by atoms with Crippen molar-refractivity contribution in [3.05, 3.63) is 63.7 Å². The van der Waals surface area contributed by atoms with Gasteiger partial charge in [-0.15, -0.1) is 11.3 Å². The van der Waals surface area contributed by atoms with Crippen LogP contribution < -0.4 is 4.74 Å². The van der Waals surface area contributed by atoms with Crippen LogP contribution >= 0.6 is 22.9 Å². The van der Waals surface area contributed by atoms with Crippen molar-refractivity contribution in [3.8, 4) is 39.0 Å². The molecular formula is C22H17ClFN3O2S. The van der Waals surface area contributed by atoms with E-state index in [0.29, 0.717) is 12.4 Å². The minimum absolute atomic E-state index is 0.209. The molecule has 2 aromatic heterocycles. The van der Waals surface area contributed by atoms with Crippen molar-refractivity contribution in [1.29, 1.82) is 0 Å². The number of aromatic nitrogens is 3. The lowest BCUT2D eigenvalue weighted by atomic mass is 10.0. The third-order valence-electron chi connectivity index (χ3n) is 5.15. The molecule has 0 unspecified atom stereocenters. The predicted molar refractivity (Wildman–Crippen MR) is 115 cm³/mol. The van der Waals surface area contributed by atoms with Gasteiger partial charge in [0.15, 0.2) is 18.4 Å². The molecule has 0 fully saturated rings. The van der Waals surface area contributed by atoms with E-state index < -0.39 is 5.82 Å². The van der Waals surface area contributed by atoms with Gasteiger partial charge in [-0.05, 0) is 30.7 Å². The molecule has 1 aliphatic rings.